The Hall–Kier alpha value is -4.73. The molecule has 0 N–H and O–H groups in total. The number of ether oxygens (including phenoxy) is 1. The van der Waals surface area contributed by atoms with Crippen LogP contribution in [-0.4, -0.2) is 34.9 Å². The van der Waals surface area contributed by atoms with Crippen LogP contribution in [0.3, 0.4) is 0 Å². The average Bonchev–Trinajstić information content (AvgIpc) is 3.56. The van der Waals surface area contributed by atoms with Crippen molar-refractivity contribution in [3.8, 4) is 28.5 Å². The molecule has 1 saturated heterocycles. The van der Waals surface area contributed by atoms with E-state index in [1.165, 1.54) is 19.4 Å². The van der Waals surface area contributed by atoms with E-state index < -0.39 is 25.8 Å². The number of methoxy groups -OCH3 is 1. The fourth-order valence-electron chi connectivity index (χ4n) is 4.03. The van der Waals surface area contributed by atoms with E-state index in [1.807, 2.05) is 35.2 Å². The number of aromatic nitrogens is 2. The van der Waals surface area contributed by atoms with Gasteiger partial charge >= 0.3 is 14.0 Å². The number of rotatable bonds is 8. The van der Waals surface area contributed by atoms with Gasteiger partial charge in [0, 0.05) is 47.7 Å². The minimum Gasteiger partial charge on any atom is -0.591 e. The van der Waals surface area contributed by atoms with Crippen LogP contribution in [0.4, 0.5) is 0 Å². The van der Waals surface area contributed by atoms with E-state index in [2.05, 4.69) is 4.98 Å². The van der Waals surface area contributed by atoms with E-state index in [4.69, 9.17) is 14.0 Å². The number of hydrogen-bond acceptors (Lipinski definition) is 9. The highest BCUT2D eigenvalue weighted by molar-refractivity contribution is 7.46. The van der Waals surface area contributed by atoms with Crippen molar-refractivity contribution in [1.29, 1.82) is 0 Å². The molecule has 0 bridgehead atoms. The molecule has 4 aromatic rings. The number of amides is 2. The Morgan fingerprint density at radius 1 is 1.08 bits per heavy atom. The summed E-state index contributed by atoms with van der Waals surface area (Å²) in [5.74, 6) is -0.842. The number of hydroxylamine groups is 2. The van der Waals surface area contributed by atoms with Crippen molar-refractivity contribution in [2.24, 2.45) is 0 Å². The van der Waals surface area contributed by atoms with Crippen molar-refractivity contribution in [3.05, 3.63) is 84.3 Å². The summed E-state index contributed by atoms with van der Waals surface area (Å²) >= 11 is 0. The Morgan fingerprint density at radius 3 is 2.51 bits per heavy atom. The molecule has 2 amide bonds. The van der Waals surface area contributed by atoms with Crippen LogP contribution >= 0.6 is 8.03 Å². The number of nitrogens with zero attached hydrogens (tertiary/aromatic N) is 3. The minimum atomic E-state index is -2.85. The quantitative estimate of drug-likeness (QED) is 0.185. The molecule has 2 aromatic heterocycles. The maximum atomic E-state index is 12.5. The van der Waals surface area contributed by atoms with Crippen LogP contribution in [-0.2, 0) is 25.5 Å². The van der Waals surface area contributed by atoms with Crippen molar-refractivity contribution in [1.82, 2.24) is 10.0 Å². The number of carbonyl (C=O) groups is 3. The van der Waals surface area contributed by atoms with Gasteiger partial charge in [0.05, 0.1) is 18.9 Å². The summed E-state index contributed by atoms with van der Waals surface area (Å²) in [5.41, 5.74) is 2.27. The van der Waals surface area contributed by atoms with Gasteiger partial charge in [-0.05, 0) is 24.3 Å². The Kier molecular flexibility index (Phi) is 7.27. The molecule has 196 valence electrons. The summed E-state index contributed by atoms with van der Waals surface area (Å²) in [6.45, 7) is 0.432. The first-order valence-electron chi connectivity index (χ1n) is 11.8. The summed E-state index contributed by atoms with van der Waals surface area (Å²) in [6, 6.07) is 15.1. The molecule has 39 heavy (non-hydrogen) atoms. The van der Waals surface area contributed by atoms with E-state index >= 15 is 0 Å². The lowest BCUT2D eigenvalue weighted by Crippen LogP contribution is -2.33. The largest absolute Gasteiger partial charge is 0.591 e. The molecule has 0 spiro atoms. The third-order valence-corrected chi connectivity index (χ3v) is 6.75. The summed E-state index contributed by atoms with van der Waals surface area (Å²) in [6.07, 6.45) is 5.21. The van der Waals surface area contributed by atoms with Crippen LogP contribution in [0.2, 0.25) is 0 Å². The van der Waals surface area contributed by atoms with Gasteiger partial charge < -0.3 is 18.9 Å². The zero-order valence-electron chi connectivity index (χ0n) is 20.6. The van der Waals surface area contributed by atoms with Crippen LogP contribution < -0.4 is 19.5 Å². The zero-order chi connectivity index (χ0) is 27.5. The van der Waals surface area contributed by atoms with Crippen LogP contribution in [0, 0.1) is 0 Å². The van der Waals surface area contributed by atoms with Gasteiger partial charge in [0.15, 0.2) is 30.4 Å². The molecule has 2 aromatic carbocycles. The van der Waals surface area contributed by atoms with E-state index in [9.17, 15) is 23.8 Å². The molecule has 3 heterocycles. The second-order valence-electron chi connectivity index (χ2n) is 8.59. The van der Waals surface area contributed by atoms with Crippen molar-refractivity contribution >= 4 is 31.1 Å². The molecule has 0 radical (unpaired) electrons. The smallest absolute Gasteiger partial charge is 0.363 e. The first-order valence-corrected chi connectivity index (χ1v) is 13.0. The van der Waals surface area contributed by atoms with Gasteiger partial charge in [-0.15, -0.1) is 5.06 Å². The summed E-state index contributed by atoms with van der Waals surface area (Å²) in [5, 5.41) is 0.578. The fourth-order valence-corrected chi connectivity index (χ4v) is 4.62. The molecular formula is C27H21N3O8P+. The average molecular weight is 546 g/mol. The highest BCUT2D eigenvalue weighted by Gasteiger charge is 2.33. The van der Waals surface area contributed by atoms with Gasteiger partial charge in [-0.2, -0.15) is 0 Å². The number of oxazole rings is 1. The van der Waals surface area contributed by atoms with E-state index in [1.54, 1.807) is 30.3 Å². The standard InChI is InChI=1S/C27H21N3O8P/c1-36-21-6-5-19(14-23(21)39(34)35)22-15-28-26(37-22)18-9-11-29(12-10-18)16-17-3-2-4-20(13-17)27(33)38-30-24(31)7-8-25(30)32/h2-6,9-15H,7-8,16H2,1H3/q+1. The summed E-state index contributed by atoms with van der Waals surface area (Å²) < 4.78 is 24.4. The van der Waals surface area contributed by atoms with Crippen LogP contribution in [0.15, 0.2) is 77.6 Å². The molecule has 0 aliphatic carbocycles. The molecule has 0 saturated carbocycles. The van der Waals surface area contributed by atoms with Crippen molar-refractivity contribution in [2.75, 3.05) is 7.11 Å². The van der Waals surface area contributed by atoms with Gasteiger partial charge in [0.1, 0.15) is 0 Å². The van der Waals surface area contributed by atoms with Gasteiger partial charge in [0.25, 0.3) is 11.8 Å². The third-order valence-electron chi connectivity index (χ3n) is 6.01. The predicted octanol–water partition coefficient (Wildman–Crippen LogP) is 2.30. The SMILES string of the molecule is COc1ccc(-c2cnc(-c3cc[n+](Cc4cccc(C(=O)ON5C(=O)CCC5=O)c4)cc3)o2)cc1[P+](=O)[O-]. The van der Waals surface area contributed by atoms with Crippen LogP contribution in [0.1, 0.15) is 28.8 Å². The molecule has 1 fully saturated rings. The van der Waals surface area contributed by atoms with Gasteiger partial charge in [-0.25, -0.2) is 14.3 Å². The molecule has 1 atom stereocenters. The maximum Gasteiger partial charge on any atom is 0.363 e. The second kappa shape index (κ2) is 10.9. The van der Waals surface area contributed by atoms with Gasteiger partial charge in [-0.3, -0.25) is 9.59 Å². The van der Waals surface area contributed by atoms with E-state index in [0.29, 0.717) is 34.4 Å². The summed E-state index contributed by atoms with van der Waals surface area (Å²) in [7, 11) is -1.45. The third kappa shape index (κ3) is 5.59. The molecular weight excluding hydrogens is 525 g/mol. The zero-order valence-corrected chi connectivity index (χ0v) is 21.5. The maximum absolute atomic E-state index is 12.5. The minimum absolute atomic E-state index is 0.0277. The lowest BCUT2D eigenvalue weighted by Gasteiger charge is -2.12. The number of hydrogen-bond donors (Lipinski definition) is 0. The van der Waals surface area contributed by atoms with Gasteiger partial charge in [-0.1, -0.05) is 16.7 Å². The summed E-state index contributed by atoms with van der Waals surface area (Å²) in [4.78, 5) is 56.7. The van der Waals surface area contributed by atoms with Crippen LogP contribution in [0.25, 0.3) is 22.8 Å². The number of imide groups is 1. The predicted molar refractivity (Wildman–Crippen MR) is 133 cm³/mol. The first kappa shape index (κ1) is 25.9. The normalized spacial score (nSPS) is 13.5. The topological polar surface area (TPSA) is 143 Å². The number of carbonyl (C=O) groups excluding carboxylic acids is 3. The van der Waals surface area contributed by atoms with E-state index in [0.717, 1.165) is 5.56 Å². The van der Waals surface area contributed by atoms with Crippen molar-refractivity contribution < 1.29 is 42.4 Å². The molecule has 1 unspecified atom stereocenters. The molecule has 12 heteroatoms. The molecule has 5 rings (SSSR count). The first-order chi connectivity index (χ1) is 18.8. The molecule has 1 aliphatic rings. The highest BCUT2D eigenvalue weighted by Crippen LogP contribution is 2.29. The Bertz CT molecular complexity index is 1580. The molecule has 11 nitrogen and oxygen atoms in total. The monoisotopic (exact) mass is 546 g/mol. The van der Waals surface area contributed by atoms with Crippen molar-refractivity contribution in [3.63, 3.8) is 0 Å². The Morgan fingerprint density at radius 2 is 1.82 bits per heavy atom. The van der Waals surface area contributed by atoms with E-state index in [-0.39, 0.29) is 29.5 Å². The fraction of sp³-hybridized carbons (Fsp3) is 0.148. The number of pyridine rings is 1. The highest BCUT2D eigenvalue weighted by atomic mass is 31.1. The van der Waals surface area contributed by atoms with Gasteiger partial charge in [0.2, 0.25) is 11.2 Å². The Balaban J connectivity index is 1.28. The number of benzene rings is 2. The lowest BCUT2D eigenvalue weighted by atomic mass is 10.1. The van der Waals surface area contributed by atoms with Crippen LogP contribution in [0.5, 0.6) is 5.75 Å². The molecule has 1 aliphatic heterocycles. The lowest BCUT2D eigenvalue weighted by molar-refractivity contribution is -0.688. The van der Waals surface area contributed by atoms with Crippen molar-refractivity contribution in [2.45, 2.75) is 19.4 Å². The second-order valence-corrected chi connectivity index (χ2v) is 9.59. The Labute approximate surface area is 223 Å².